The van der Waals surface area contributed by atoms with E-state index in [4.69, 9.17) is 5.73 Å². The van der Waals surface area contributed by atoms with Crippen molar-refractivity contribution in [1.29, 1.82) is 0 Å². The van der Waals surface area contributed by atoms with Gasteiger partial charge in [0, 0.05) is 25.2 Å². The highest BCUT2D eigenvalue weighted by Crippen LogP contribution is 2.23. The maximum atomic E-state index is 12.4. The fraction of sp³-hybridized carbons (Fsp3) is 0.500. The Balaban J connectivity index is 1.95. The Kier molecular flexibility index (Phi) is 4.96. The zero-order chi connectivity index (χ0) is 15.4. The lowest BCUT2D eigenvalue weighted by molar-refractivity contribution is -0.131. The number of hydrogen-bond donors (Lipinski definition) is 2. The average molecular weight is 289 g/mol. The van der Waals surface area contributed by atoms with Gasteiger partial charge in [-0.3, -0.25) is 9.59 Å². The molecule has 1 heterocycles. The van der Waals surface area contributed by atoms with Gasteiger partial charge >= 0.3 is 0 Å². The first-order valence-corrected chi connectivity index (χ1v) is 7.35. The molecule has 1 saturated heterocycles. The molecular weight excluding hydrogens is 266 g/mol. The molecule has 114 valence electrons. The lowest BCUT2D eigenvalue weighted by atomic mass is 10.1. The van der Waals surface area contributed by atoms with E-state index < -0.39 is 0 Å². The van der Waals surface area contributed by atoms with Gasteiger partial charge in [0.1, 0.15) is 0 Å². The molecule has 1 aromatic carbocycles. The summed E-state index contributed by atoms with van der Waals surface area (Å²) in [5.41, 5.74) is 7.40. The molecule has 0 spiro atoms. The van der Waals surface area contributed by atoms with Crippen LogP contribution in [0.4, 0.5) is 5.69 Å². The van der Waals surface area contributed by atoms with Crippen LogP contribution in [0.3, 0.4) is 0 Å². The van der Waals surface area contributed by atoms with Crippen molar-refractivity contribution in [1.82, 2.24) is 4.90 Å². The van der Waals surface area contributed by atoms with Gasteiger partial charge in [0.15, 0.2) is 0 Å². The average Bonchev–Trinajstić information content (AvgIpc) is 2.82. The molecule has 3 N–H and O–H groups in total. The van der Waals surface area contributed by atoms with Crippen molar-refractivity contribution in [3.05, 3.63) is 29.8 Å². The molecule has 2 unspecified atom stereocenters. The third-order valence-electron chi connectivity index (χ3n) is 3.94. The van der Waals surface area contributed by atoms with E-state index in [9.17, 15) is 9.59 Å². The largest absolute Gasteiger partial charge is 0.339 e. The van der Waals surface area contributed by atoms with Crippen molar-refractivity contribution in [3.8, 4) is 0 Å². The smallest absolute Gasteiger partial charge is 0.227 e. The minimum Gasteiger partial charge on any atom is -0.339 e. The number of hydrogen-bond acceptors (Lipinski definition) is 3. The summed E-state index contributed by atoms with van der Waals surface area (Å²) in [6.45, 7) is 4.95. The molecule has 1 aliphatic rings. The summed E-state index contributed by atoms with van der Waals surface area (Å²) in [5.74, 6) is 0.467. The maximum absolute atomic E-state index is 12.4. The van der Waals surface area contributed by atoms with Crippen LogP contribution in [0.1, 0.15) is 25.8 Å². The molecule has 0 saturated carbocycles. The number of nitrogens with one attached hydrogen (secondary N) is 1. The van der Waals surface area contributed by atoms with E-state index in [1.165, 1.54) is 6.92 Å². The van der Waals surface area contributed by atoms with E-state index >= 15 is 0 Å². The first-order chi connectivity index (χ1) is 9.99. The molecule has 2 atom stereocenters. The minimum atomic E-state index is -0.0995. The Bertz CT molecular complexity index is 513. The summed E-state index contributed by atoms with van der Waals surface area (Å²) in [6, 6.07) is 7.67. The van der Waals surface area contributed by atoms with Gasteiger partial charge in [0.2, 0.25) is 11.8 Å². The van der Waals surface area contributed by atoms with Crippen LogP contribution in [-0.4, -0.2) is 35.8 Å². The highest BCUT2D eigenvalue weighted by molar-refractivity contribution is 5.88. The molecule has 0 aromatic heterocycles. The lowest BCUT2D eigenvalue weighted by Gasteiger charge is -2.21. The van der Waals surface area contributed by atoms with E-state index in [2.05, 4.69) is 12.2 Å². The fourth-order valence-corrected chi connectivity index (χ4v) is 2.85. The Morgan fingerprint density at radius 3 is 2.52 bits per heavy atom. The van der Waals surface area contributed by atoms with E-state index in [1.807, 2.05) is 29.2 Å². The van der Waals surface area contributed by atoms with Gasteiger partial charge < -0.3 is 16.0 Å². The van der Waals surface area contributed by atoms with E-state index in [-0.39, 0.29) is 17.9 Å². The van der Waals surface area contributed by atoms with Gasteiger partial charge in [-0.1, -0.05) is 12.1 Å². The minimum absolute atomic E-state index is 0.0995. The molecule has 2 rings (SSSR count). The second kappa shape index (κ2) is 6.72. The number of carbonyl (C=O) groups excluding carboxylic acids is 2. The van der Waals surface area contributed by atoms with Gasteiger partial charge in [-0.25, -0.2) is 0 Å². The number of carbonyl (C=O) groups is 2. The zero-order valence-electron chi connectivity index (χ0n) is 12.6. The number of amides is 2. The van der Waals surface area contributed by atoms with Gasteiger partial charge in [-0.05, 0) is 43.5 Å². The van der Waals surface area contributed by atoms with Crippen LogP contribution in [0.2, 0.25) is 0 Å². The first kappa shape index (κ1) is 15.5. The van der Waals surface area contributed by atoms with E-state index in [0.717, 1.165) is 24.2 Å². The molecule has 21 heavy (non-hydrogen) atoms. The summed E-state index contributed by atoms with van der Waals surface area (Å²) < 4.78 is 0. The third-order valence-corrected chi connectivity index (χ3v) is 3.94. The van der Waals surface area contributed by atoms with Crippen molar-refractivity contribution < 1.29 is 9.59 Å². The maximum Gasteiger partial charge on any atom is 0.227 e. The van der Waals surface area contributed by atoms with Gasteiger partial charge in [0.05, 0.1) is 6.42 Å². The number of anilines is 1. The number of nitrogens with two attached hydrogens (primary N) is 1. The summed E-state index contributed by atoms with van der Waals surface area (Å²) >= 11 is 0. The number of benzene rings is 1. The van der Waals surface area contributed by atoms with Gasteiger partial charge in [-0.2, -0.15) is 0 Å². The molecule has 0 aliphatic carbocycles. The van der Waals surface area contributed by atoms with Crippen molar-refractivity contribution in [2.45, 2.75) is 32.7 Å². The second-order valence-electron chi connectivity index (χ2n) is 5.79. The molecular formula is C16H23N3O2. The summed E-state index contributed by atoms with van der Waals surface area (Å²) in [4.78, 5) is 25.3. The lowest BCUT2D eigenvalue weighted by Crippen LogP contribution is -2.35. The number of rotatable bonds is 4. The quantitative estimate of drug-likeness (QED) is 0.879. The number of likely N-dealkylation sites (tertiary alicyclic amines) is 1. The van der Waals surface area contributed by atoms with Crippen LogP contribution in [0.15, 0.2) is 24.3 Å². The fourth-order valence-electron chi connectivity index (χ4n) is 2.85. The Morgan fingerprint density at radius 2 is 2.00 bits per heavy atom. The first-order valence-electron chi connectivity index (χ1n) is 7.35. The molecule has 1 aliphatic heterocycles. The predicted octanol–water partition coefficient (Wildman–Crippen LogP) is 1.38. The van der Waals surface area contributed by atoms with Crippen molar-refractivity contribution in [2.75, 3.05) is 18.4 Å². The second-order valence-corrected chi connectivity index (χ2v) is 5.79. The molecule has 1 aromatic rings. The van der Waals surface area contributed by atoms with Gasteiger partial charge in [-0.15, -0.1) is 0 Å². The monoisotopic (exact) mass is 289 g/mol. The third kappa shape index (κ3) is 4.04. The molecule has 0 bridgehead atoms. The molecule has 1 fully saturated rings. The van der Waals surface area contributed by atoms with Crippen molar-refractivity contribution in [3.63, 3.8) is 0 Å². The highest BCUT2D eigenvalue weighted by Gasteiger charge is 2.31. The molecule has 2 amide bonds. The standard InChI is InChI=1S/C16H23N3O2/c1-11-7-14(9-17)10-19(11)16(21)8-13-3-5-15(6-4-13)18-12(2)20/h3-6,11,14H,7-10,17H2,1-2H3,(H,18,20). The Morgan fingerprint density at radius 1 is 1.33 bits per heavy atom. The summed E-state index contributed by atoms with van der Waals surface area (Å²) in [5, 5.41) is 2.71. The number of nitrogens with zero attached hydrogens (tertiary/aromatic N) is 1. The summed E-state index contributed by atoms with van der Waals surface area (Å²) in [7, 11) is 0. The van der Waals surface area contributed by atoms with Crippen LogP contribution in [0.25, 0.3) is 0 Å². The zero-order valence-corrected chi connectivity index (χ0v) is 12.6. The topological polar surface area (TPSA) is 75.4 Å². The SMILES string of the molecule is CC(=O)Nc1ccc(CC(=O)N2CC(CN)CC2C)cc1. The highest BCUT2D eigenvalue weighted by atomic mass is 16.2. The predicted molar refractivity (Wildman–Crippen MR) is 82.8 cm³/mol. The Hall–Kier alpha value is -1.88. The van der Waals surface area contributed by atoms with Crippen LogP contribution < -0.4 is 11.1 Å². The van der Waals surface area contributed by atoms with Gasteiger partial charge in [0.25, 0.3) is 0 Å². The van der Waals surface area contributed by atoms with Crippen LogP contribution in [-0.2, 0) is 16.0 Å². The van der Waals surface area contributed by atoms with E-state index in [0.29, 0.717) is 18.9 Å². The van der Waals surface area contributed by atoms with Crippen LogP contribution >= 0.6 is 0 Å². The normalized spacial score (nSPS) is 21.4. The Labute approximate surface area is 125 Å². The van der Waals surface area contributed by atoms with Crippen molar-refractivity contribution in [2.24, 2.45) is 11.7 Å². The van der Waals surface area contributed by atoms with Crippen LogP contribution in [0, 0.1) is 5.92 Å². The summed E-state index contributed by atoms with van der Waals surface area (Å²) in [6.07, 6.45) is 1.38. The molecule has 5 heteroatoms. The van der Waals surface area contributed by atoms with E-state index in [1.54, 1.807) is 0 Å². The van der Waals surface area contributed by atoms with Crippen LogP contribution in [0.5, 0.6) is 0 Å². The van der Waals surface area contributed by atoms with Crippen molar-refractivity contribution >= 4 is 17.5 Å². The molecule has 0 radical (unpaired) electrons. The molecule has 5 nitrogen and oxygen atoms in total.